The number of thiophene rings is 1. The first kappa shape index (κ1) is 13.5. The Labute approximate surface area is 104 Å². The maximum Gasteiger partial charge on any atom is 0.0452 e. The summed E-state index contributed by atoms with van der Waals surface area (Å²) < 4.78 is 0. The van der Waals surface area contributed by atoms with E-state index in [2.05, 4.69) is 37.2 Å². The summed E-state index contributed by atoms with van der Waals surface area (Å²) in [6.07, 6.45) is 6.90. The number of unbranched alkanes of at least 4 members (excludes halogenated alkanes) is 2. The van der Waals surface area contributed by atoms with E-state index in [1.165, 1.54) is 29.7 Å². The average molecular weight is 237 g/mol. The molecule has 1 heterocycles. The quantitative estimate of drug-likeness (QED) is 0.520. The smallest absolute Gasteiger partial charge is 0.0452 e. The van der Waals surface area contributed by atoms with Crippen LogP contribution in [0.1, 0.15) is 49.1 Å². The Morgan fingerprint density at radius 2 is 2.31 bits per heavy atom. The number of rotatable bonds is 8. The molecule has 1 unspecified atom stereocenters. The summed E-state index contributed by atoms with van der Waals surface area (Å²) in [6.45, 7) is 9.39. The first-order valence-electron chi connectivity index (χ1n) is 6.17. The Kier molecular flexibility index (Phi) is 6.43. The van der Waals surface area contributed by atoms with Crippen molar-refractivity contribution >= 4 is 11.3 Å². The first-order chi connectivity index (χ1) is 7.79. The highest BCUT2D eigenvalue weighted by atomic mass is 32.1. The van der Waals surface area contributed by atoms with Crippen LogP contribution >= 0.6 is 11.3 Å². The third-order valence-corrected chi connectivity index (χ3v) is 3.92. The van der Waals surface area contributed by atoms with Crippen LogP contribution in [0.15, 0.2) is 24.1 Å². The number of hydrogen-bond donors (Lipinski definition) is 1. The van der Waals surface area contributed by atoms with Crippen molar-refractivity contribution in [1.29, 1.82) is 0 Å². The molecule has 1 N–H and O–H groups in total. The Balaban J connectivity index is 2.48. The van der Waals surface area contributed by atoms with Crippen LogP contribution in [-0.2, 0) is 0 Å². The predicted octanol–water partition coefficient (Wildman–Crippen LogP) is 4.45. The maximum atomic E-state index is 3.85. The molecule has 0 aliphatic carbocycles. The maximum absolute atomic E-state index is 3.85. The molecule has 0 spiro atoms. The molecule has 1 rings (SSSR count). The van der Waals surface area contributed by atoms with Crippen LogP contribution in [0.5, 0.6) is 0 Å². The zero-order valence-electron chi connectivity index (χ0n) is 10.5. The minimum absolute atomic E-state index is 0.467. The summed E-state index contributed by atoms with van der Waals surface area (Å²) in [4.78, 5) is 1.47. The van der Waals surface area contributed by atoms with Crippen molar-refractivity contribution in [2.45, 2.75) is 45.6 Å². The Morgan fingerprint density at radius 1 is 1.50 bits per heavy atom. The predicted molar refractivity (Wildman–Crippen MR) is 74.1 cm³/mol. The van der Waals surface area contributed by atoms with Gasteiger partial charge in [-0.15, -0.1) is 17.9 Å². The Bertz CT molecular complexity index is 303. The summed E-state index contributed by atoms with van der Waals surface area (Å²) in [5.74, 6) is 0. The van der Waals surface area contributed by atoms with E-state index in [1.54, 1.807) is 0 Å². The number of aryl methyl sites for hydroxylation is 1. The fourth-order valence-electron chi connectivity index (χ4n) is 1.84. The first-order valence-corrected chi connectivity index (χ1v) is 7.05. The fourth-order valence-corrected chi connectivity index (χ4v) is 2.86. The number of hydrogen-bond acceptors (Lipinski definition) is 2. The van der Waals surface area contributed by atoms with Crippen LogP contribution in [-0.4, -0.2) is 6.54 Å². The van der Waals surface area contributed by atoms with Crippen LogP contribution in [0.2, 0.25) is 0 Å². The van der Waals surface area contributed by atoms with Gasteiger partial charge in [-0.25, -0.2) is 0 Å². The van der Waals surface area contributed by atoms with E-state index in [-0.39, 0.29) is 0 Å². The van der Waals surface area contributed by atoms with Crippen molar-refractivity contribution in [2.24, 2.45) is 0 Å². The van der Waals surface area contributed by atoms with Gasteiger partial charge in [0.1, 0.15) is 0 Å². The third kappa shape index (κ3) is 4.11. The van der Waals surface area contributed by atoms with Gasteiger partial charge in [-0.1, -0.05) is 25.8 Å². The Hall–Kier alpha value is -0.600. The van der Waals surface area contributed by atoms with Gasteiger partial charge in [0.05, 0.1) is 0 Å². The second kappa shape index (κ2) is 7.64. The summed E-state index contributed by atoms with van der Waals surface area (Å²) in [6, 6.07) is 2.67. The topological polar surface area (TPSA) is 12.0 Å². The van der Waals surface area contributed by atoms with E-state index in [4.69, 9.17) is 0 Å². The van der Waals surface area contributed by atoms with E-state index in [1.807, 2.05) is 17.4 Å². The van der Waals surface area contributed by atoms with E-state index in [0.717, 1.165) is 13.0 Å². The third-order valence-electron chi connectivity index (χ3n) is 2.79. The van der Waals surface area contributed by atoms with Gasteiger partial charge in [0, 0.05) is 10.9 Å². The standard InChI is InChI=1S/C14H23NS/c1-4-6-7-10-15-13(8-5-2)14-12(3)9-11-16-14/h5,9,11,13,15H,2,4,6-8,10H2,1,3H3. The molecule has 0 saturated heterocycles. The van der Waals surface area contributed by atoms with Crippen molar-refractivity contribution < 1.29 is 0 Å². The van der Waals surface area contributed by atoms with Crippen molar-refractivity contribution in [3.63, 3.8) is 0 Å². The Morgan fingerprint density at radius 3 is 2.88 bits per heavy atom. The van der Waals surface area contributed by atoms with E-state index in [9.17, 15) is 0 Å². The van der Waals surface area contributed by atoms with Gasteiger partial charge in [-0.05, 0) is 43.3 Å². The highest BCUT2D eigenvalue weighted by Gasteiger charge is 2.12. The molecule has 0 aliphatic heterocycles. The van der Waals surface area contributed by atoms with Crippen LogP contribution in [0.25, 0.3) is 0 Å². The van der Waals surface area contributed by atoms with Crippen molar-refractivity contribution in [3.05, 3.63) is 34.5 Å². The molecular weight excluding hydrogens is 214 g/mol. The minimum atomic E-state index is 0.467. The second-order valence-corrected chi connectivity index (χ2v) is 5.15. The zero-order valence-corrected chi connectivity index (χ0v) is 11.3. The van der Waals surface area contributed by atoms with Gasteiger partial charge in [0.2, 0.25) is 0 Å². The molecule has 2 heteroatoms. The molecule has 0 bridgehead atoms. The summed E-state index contributed by atoms with van der Waals surface area (Å²) in [5, 5.41) is 5.81. The van der Waals surface area contributed by atoms with Crippen LogP contribution in [0, 0.1) is 6.92 Å². The molecule has 0 aliphatic rings. The van der Waals surface area contributed by atoms with Gasteiger partial charge >= 0.3 is 0 Å². The molecule has 0 aromatic carbocycles. The second-order valence-electron chi connectivity index (χ2n) is 4.21. The van der Waals surface area contributed by atoms with Crippen molar-refractivity contribution in [1.82, 2.24) is 5.32 Å². The highest BCUT2D eigenvalue weighted by molar-refractivity contribution is 7.10. The summed E-state index contributed by atoms with van der Waals surface area (Å²) in [5.41, 5.74) is 1.40. The molecule has 0 saturated carbocycles. The number of nitrogens with one attached hydrogen (secondary N) is 1. The SMILES string of the molecule is C=CCC(NCCCCC)c1sccc1C. The van der Waals surface area contributed by atoms with E-state index in [0.29, 0.717) is 6.04 Å². The molecular formula is C14H23NS. The van der Waals surface area contributed by atoms with E-state index >= 15 is 0 Å². The largest absolute Gasteiger partial charge is 0.309 e. The summed E-state index contributed by atoms with van der Waals surface area (Å²) in [7, 11) is 0. The minimum Gasteiger partial charge on any atom is -0.309 e. The van der Waals surface area contributed by atoms with Crippen LogP contribution < -0.4 is 5.32 Å². The molecule has 1 nitrogen and oxygen atoms in total. The van der Waals surface area contributed by atoms with Gasteiger partial charge < -0.3 is 5.32 Å². The lowest BCUT2D eigenvalue weighted by molar-refractivity contribution is 0.522. The molecule has 0 radical (unpaired) electrons. The van der Waals surface area contributed by atoms with Gasteiger partial charge in [0.25, 0.3) is 0 Å². The van der Waals surface area contributed by atoms with Gasteiger partial charge in [-0.2, -0.15) is 0 Å². The van der Waals surface area contributed by atoms with Crippen molar-refractivity contribution in [3.8, 4) is 0 Å². The lowest BCUT2D eigenvalue weighted by atomic mass is 10.1. The molecule has 90 valence electrons. The molecule has 1 atom stereocenters. The van der Waals surface area contributed by atoms with Gasteiger partial charge in [-0.3, -0.25) is 0 Å². The normalized spacial score (nSPS) is 12.6. The molecule has 1 aromatic heterocycles. The lowest BCUT2D eigenvalue weighted by Gasteiger charge is -2.16. The molecule has 1 aromatic rings. The fraction of sp³-hybridized carbons (Fsp3) is 0.571. The molecule has 0 amide bonds. The zero-order chi connectivity index (χ0) is 11.8. The highest BCUT2D eigenvalue weighted by Crippen LogP contribution is 2.26. The molecule has 0 fully saturated rings. The van der Waals surface area contributed by atoms with Crippen LogP contribution in [0.3, 0.4) is 0 Å². The monoisotopic (exact) mass is 237 g/mol. The van der Waals surface area contributed by atoms with Crippen LogP contribution in [0.4, 0.5) is 0 Å². The average Bonchev–Trinajstić information content (AvgIpc) is 2.69. The van der Waals surface area contributed by atoms with E-state index < -0.39 is 0 Å². The lowest BCUT2D eigenvalue weighted by Crippen LogP contribution is -2.21. The molecule has 16 heavy (non-hydrogen) atoms. The summed E-state index contributed by atoms with van der Waals surface area (Å²) >= 11 is 1.85. The van der Waals surface area contributed by atoms with Crippen molar-refractivity contribution in [2.75, 3.05) is 6.54 Å². The van der Waals surface area contributed by atoms with Gasteiger partial charge in [0.15, 0.2) is 0 Å².